The lowest BCUT2D eigenvalue weighted by atomic mass is 9.74. The summed E-state index contributed by atoms with van der Waals surface area (Å²) in [5, 5.41) is 2.44. The van der Waals surface area contributed by atoms with Crippen molar-refractivity contribution < 1.29 is 44.3 Å². The average Bonchev–Trinajstić information content (AvgIpc) is 3.21. The third kappa shape index (κ3) is 6.94. The van der Waals surface area contributed by atoms with Crippen LogP contribution in [0.15, 0.2) is 17.1 Å². The summed E-state index contributed by atoms with van der Waals surface area (Å²) in [5.41, 5.74) is 6.83. The molecular weight excluding hydrogens is 604 g/mol. The number of halogens is 6. The first-order valence-corrected chi connectivity index (χ1v) is 15.5. The van der Waals surface area contributed by atoms with Crippen molar-refractivity contribution in [3.63, 3.8) is 0 Å². The molecule has 9 nitrogen and oxygen atoms in total. The minimum atomic E-state index is -4.82. The van der Waals surface area contributed by atoms with Crippen LogP contribution in [0.4, 0.5) is 36.8 Å². The highest BCUT2D eigenvalue weighted by Gasteiger charge is 2.55. The highest BCUT2D eigenvalue weighted by atomic mass is 32.2. The number of aryl methyl sites for hydroxylation is 2. The van der Waals surface area contributed by atoms with Gasteiger partial charge in [0, 0.05) is 31.7 Å². The molecule has 3 atom stereocenters. The molecule has 3 aliphatic rings. The summed E-state index contributed by atoms with van der Waals surface area (Å²) < 4.78 is 108. The fraction of sp³-hybridized carbons (Fsp3) is 0.667. The Balaban J connectivity index is 1.44. The number of urea groups is 1. The molecule has 3 N–H and O–H groups in total. The molecule has 2 fully saturated rings. The number of sulfonamides is 1. The zero-order chi connectivity index (χ0) is 32.1. The molecule has 240 valence electrons. The second-order valence-corrected chi connectivity index (χ2v) is 13.9. The van der Waals surface area contributed by atoms with Gasteiger partial charge in [0.25, 0.3) is 5.91 Å². The molecule has 1 unspecified atom stereocenters. The molecule has 43 heavy (non-hydrogen) atoms. The van der Waals surface area contributed by atoms with Crippen molar-refractivity contribution in [3.8, 4) is 0 Å². The third-order valence-corrected chi connectivity index (χ3v) is 10.8. The van der Waals surface area contributed by atoms with Gasteiger partial charge in [0.1, 0.15) is 11.4 Å². The van der Waals surface area contributed by atoms with Gasteiger partial charge in [-0.25, -0.2) is 17.5 Å². The van der Waals surface area contributed by atoms with E-state index in [0.717, 1.165) is 16.7 Å². The Kier molecular flexibility index (Phi) is 8.88. The molecule has 3 amide bonds. The van der Waals surface area contributed by atoms with Crippen LogP contribution in [0.1, 0.15) is 48.8 Å². The van der Waals surface area contributed by atoms with Crippen LogP contribution in [0, 0.1) is 31.6 Å². The number of piperidine rings is 1. The molecule has 0 aromatic heterocycles. The van der Waals surface area contributed by atoms with Gasteiger partial charge in [0.15, 0.2) is 0 Å². The van der Waals surface area contributed by atoms with Gasteiger partial charge in [-0.15, -0.1) is 0 Å². The summed E-state index contributed by atoms with van der Waals surface area (Å²) in [5.74, 6) is -6.61. The van der Waals surface area contributed by atoms with Crippen molar-refractivity contribution >= 4 is 33.5 Å². The molecule has 1 aromatic carbocycles. The standard InChI is InChI=1S/C27H35F6N5O4S/c1-15-10-20(37(3)24(34)40)11-16(2)21(15)4-9-43(41,42)38-7-5-25(6-8-38)23(39)35-22(36-25)17-12-18(26(28,29)30)14-19(13-17)27(31,32)33/h10-11,17-19H,4-9,12-14H2,1-3H3,(H2,34,40)(H,35,36,39)/t17?,18-,19+. The number of anilines is 1. The van der Waals surface area contributed by atoms with Gasteiger partial charge in [-0.05, 0) is 81.2 Å². The van der Waals surface area contributed by atoms with Crippen LogP contribution >= 0.6 is 0 Å². The normalized spacial score (nSPS) is 25.0. The number of primary amides is 1. The minimum Gasteiger partial charge on any atom is -0.351 e. The Morgan fingerprint density at radius 1 is 1.05 bits per heavy atom. The van der Waals surface area contributed by atoms with Crippen molar-refractivity contribution in [2.75, 3.05) is 30.8 Å². The number of amidine groups is 1. The Hall–Kier alpha value is -2.88. The van der Waals surface area contributed by atoms with Crippen LogP contribution < -0.4 is 16.0 Å². The van der Waals surface area contributed by atoms with E-state index in [2.05, 4.69) is 10.3 Å². The Labute approximate surface area is 245 Å². The number of rotatable bonds is 6. The van der Waals surface area contributed by atoms with E-state index < -0.39 is 76.9 Å². The topological polar surface area (TPSA) is 125 Å². The van der Waals surface area contributed by atoms with E-state index in [1.54, 1.807) is 26.0 Å². The molecule has 1 spiro atoms. The Morgan fingerprint density at radius 3 is 2.02 bits per heavy atom. The molecule has 4 rings (SSSR count). The summed E-state index contributed by atoms with van der Waals surface area (Å²) in [6.07, 6.45) is -11.8. The second kappa shape index (κ2) is 11.6. The van der Waals surface area contributed by atoms with E-state index in [1.807, 2.05) is 0 Å². The number of alkyl halides is 6. The average molecular weight is 640 g/mol. The van der Waals surface area contributed by atoms with Crippen LogP contribution in [0.5, 0.6) is 0 Å². The van der Waals surface area contributed by atoms with E-state index in [-0.39, 0.29) is 43.9 Å². The molecule has 1 aromatic rings. The van der Waals surface area contributed by atoms with Crippen LogP contribution in [-0.2, 0) is 21.2 Å². The molecule has 0 radical (unpaired) electrons. The van der Waals surface area contributed by atoms with Crippen molar-refractivity contribution in [3.05, 3.63) is 28.8 Å². The van der Waals surface area contributed by atoms with Gasteiger partial charge in [0.05, 0.1) is 17.6 Å². The number of nitrogens with two attached hydrogens (primary N) is 1. The van der Waals surface area contributed by atoms with Gasteiger partial charge in [0.2, 0.25) is 10.0 Å². The van der Waals surface area contributed by atoms with E-state index in [0.29, 0.717) is 5.69 Å². The van der Waals surface area contributed by atoms with E-state index in [9.17, 15) is 44.3 Å². The minimum absolute atomic E-state index is 0.0497. The predicted octanol–water partition coefficient (Wildman–Crippen LogP) is 4.21. The Bertz CT molecular complexity index is 1360. The third-order valence-electron chi connectivity index (χ3n) is 8.97. The lowest BCUT2D eigenvalue weighted by Crippen LogP contribution is -2.51. The molecule has 2 aliphatic heterocycles. The fourth-order valence-electron chi connectivity index (χ4n) is 6.33. The SMILES string of the molecule is Cc1cc(N(C)C(N)=O)cc(C)c1CCS(=O)(=O)N1CCC2(CC1)N=C(C1C[C@@H](C(F)(F)F)C[C@@H](C(F)(F)F)C1)NC2=O. The number of hydrogen-bond acceptors (Lipinski definition) is 5. The van der Waals surface area contributed by atoms with Gasteiger partial charge >= 0.3 is 18.4 Å². The molecule has 0 bridgehead atoms. The van der Waals surface area contributed by atoms with Crippen LogP contribution in [0.25, 0.3) is 0 Å². The van der Waals surface area contributed by atoms with Crippen molar-refractivity contribution in [2.24, 2.45) is 28.5 Å². The van der Waals surface area contributed by atoms with Gasteiger partial charge in [-0.1, -0.05) is 0 Å². The summed E-state index contributed by atoms with van der Waals surface area (Å²) in [4.78, 5) is 30.1. The summed E-state index contributed by atoms with van der Waals surface area (Å²) in [7, 11) is -2.26. The molecular formula is C27H35F6N5O4S. The molecule has 2 heterocycles. The zero-order valence-electron chi connectivity index (χ0n) is 24.0. The highest BCUT2D eigenvalue weighted by molar-refractivity contribution is 7.89. The maximum atomic E-state index is 13.5. The summed E-state index contributed by atoms with van der Waals surface area (Å²) >= 11 is 0. The largest absolute Gasteiger partial charge is 0.391 e. The zero-order valence-corrected chi connectivity index (χ0v) is 24.8. The maximum Gasteiger partial charge on any atom is 0.391 e. The quantitative estimate of drug-likeness (QED) is 0.453. The number of carbonyl (C=O) groups is 2. The smallest absolute Gasteiger partial charge is 0.351 e. The first-order valence-electron chi connectivity index (χ1n) is 13.9. The van der Waals surface area contributed by atoms with Crippen molar-refractivity contribution in [2.45, 2.75) is 70.3 Å². The number of nitrogens with one attached hydrogen (secondary N) is 1. The first-order chi connectivity index (χ1) is 19.7. The Morgan fingerprint density at radius 2 is 1.56 bits per heavy atom. The van der Waals surface area contributed by atoms with Crippen molar-refractivity contribution in [1.29, 1.82) is 0 Å². The van der Waals surface area contributed by atoms with Crippen LogP contribution in [0.2, 0.25) is 0 Å². The van der Waals surface area contributed by atoms with E-state index in [1.165, 1.54) is 16.3 Å². The second-order valence-electron chi connectivity index (χ2n) is 11.8. The lowest BCUT2D eigenvalue weighted by molar-refractivity contribution is -0.225. The highest BCUT2D eigenvalue weighted by Crippen LogP contribution is 2.48. The lowest BCUT2D eigenvalue weighted by Gasteiger charge is -2.36. The van der Waals surface area contributed by atoms with Crippen LogP contribution in [-0.4, -0.2) is 74.3 Å². The number of carbonyl (C=O) groups excluding carboxylic acids is 2. The summed E-state index contributed by atoms with van der Waals surface area (Å²) in [6, 6.07) is 2.83. The maximum absolute atomic E-state index is 13.5. The molecule has 16 heteroatoms. The predicted molar refractivity (Wildman–Crippen MR) is 147 cm³/mol. The number of benzene rings is 1. The van der Waals surface area contributed by atoms with Crippen LogP contribution in [0.3, 0.4) is 0 Å². The van der Waals surface area contributed by atoms with E-state index >= 15 is 0 Å². The monoisotopic (exact) mass is 639 g/mol. The molecule has 1 aliphatic carbocycles. The number of amides is 3. The van der Waals surface area contributed by atoms with Crippen molar-refractivity contribution in [1.82, 2.24) is 9.62 Å². The van der Waals surface area contributed by atoms with Gasteiger partial charge in [-0.3, -0.25) is 14.7 Å². The van der Waals surface area contributed by atoms with E-state index in [4.69, 9.17) is 5.73 Å². The van der Waals surface area contributed by atoms with Gasteiger partial charge < -0.3 is 11.1 Å². The fourth-order valence-corrected chi connectivity index (χ4v) is 7.79. The summed E-state index contributed by atoms with van der Waals surface area (Å²) in [6.45, 7) is 3.44. The number of aliphatic imine (C=N–C) groups is 1. The molecule has 1 saturated heterocycles. The first kappa shape index (κ1) is 33.0. The number of nitrogens with zero attached hydrogens (tertiary/aromatic N) is 3. The molecule has 1 saturated carbocycles. The van der Waals surface area contributed by atoms with Gasteiger partial charge in [-0.2, -0.15) is 26.3 Å². The number of hydrogen-bond donors (Lipinski definition) is 2.